The third-order valence-corrected chi connectivity index (χ3v) is 31.4. The second-order valence-corrected chi connectivity index (χ2v) is 29.5. The van der Waals surface area contributed by atoms with Gasteiger partial charge in [0.05, 0.1) is 0 Å². The molecule has 2 aliphatic rings. The maximum atomic E-state index is 2.66. The first-order valence-electron chi connectivity index (χ1n) is 8.60. The van der Waals surface area contributed by atoms with Crippen LogP contribution in [0.15, 0.2) is 45.6 Å². The van der Waals surface area contributed by atoms with Crippen LogP contribution in [0.4, 0.5) is 0 Å². The van der Waals surface area contributed by atoms with Gasteiger partial charge in [0.25, 0.3) is 0 Å². The zero-order valence-corrected chi connectivity index (χ0v) is 23.8. The first kappa shape index (κ1) is 25.0. The molecule has 24 heavy (non-hydrogen) atoms. The molecule has 0 nitrogen and oxygen atoms in total. The molecule has 4 heteroatoms. The fourth-order valence-electron chi connectivity index (χ4n) is 4.97. The molecule has 0 saturated carbocycles. The molecular weight excluding hydrogens is 519 g/mol. The molecule has 0 aromatic heterocycles. The van der Waals surface area contributed by atoms with E-state index in [1.807, 2.05) is 0 Å². The van der Waals surface area contributed by atoms with E-state index in [1.165, 1.54) is 11.1 Å². The zero-order chi connectivity index (χ0) is 17.0. The van der Waals surface area contributed by atoms with Crippen LogP contribution in [0.3, 0.4) is 0 Å². The molecule has 0 fully saturated rings. The predicted molar refractivity (Wildman–Crippen MR) is 99.9 cm³/mol. The van der Waals surface area contributed by atoms with Crippen molar-refractivity contribution < 1.29 is 54.9 Å². The van der Waals surface area contributed by atoms with Gasteiger partial charge in [-0.25, -0.2) is 0 Å². The second kappa shape index (κ2) is 8.36. The Morgan fingerprint density at radius 1 is 0.708 bits per heavy atom. The monoisotopic (exact) mass is 549 g/mol. The standard InChI is InChI=1S/2C9H13.C2H7Si.2BrH.Zr/c2*1-6-5-7(2)9(4)8(6)3;1-3-2;;;/h2*5H,1-4H3;3H,1-2H3;2*1H;/q;;;;;+2/p-2. The van der Waals surface area contributed by atoms with Crippen LogP contribution in [-0.4, -0.2) is 5.92 Å². The van der Waals surface area contributed by atoms with Crippen molar-refractivity contribution in [1.82, 2.24) is 0 Å². The minimum Gasteiger partial charge on any atom is -1.00 e. The Morgan fingerprint density at radius 3 is 1.17 bits per heavy atom. The maximum absolute atomic E-state index is 2.66. The van der Waals surface area contributed by atoms with Crippen LogP contribution < -0.4 is 34.0 Å². The second-order valence-electron chi connectivity index (χ2n) is 8.13. The normalized spacial score (nSPS) is 29.5. The fourth-order valence-corrected chi connectivity index (χ4v) is 36.0. The maximum Gasteiger partial charge on any atom is -1.00 e. The van der Waals surface area contributed by atoms with Crippen molar-refractivity contribution in [2.45, 2.75) is 74.7 Å². The number of hydrogen-bond acceptors (Lipinski definition) is 0. The Balaban J connectivity index is 0.00000264. The Bertz CT molecular complexity index is 590. The SMILES string of the molecule is CC1=C[C](C)([Zr+2]([SiH](C)C)[C]2(C)C=C(C)C(C)=C2C)C(C)=C1C.[Br-].[Br-]. The zero-order valence-electron chi connectivity index (χ0n) is 17.0. The molecular formula is C20H33Br2SiZr. The Morgan fingerprint density at radius 2 is 1.00 bits per heavy atom. The number of rotatable bonds is 3. The van der Waals surface area contributed by atoms with Crippen molar-refractivity contribution in [1.29, 1.82) is 0 Å². The van der Waals surface area contributed by atoms with E-state index in [0.717, 1.165) is 0 Å². The Hall–Kier alpha value is 1.02. The summed E-state index contributed by atoms with van der Waals surface area (Å²) in [5.41, 5.74) is 9.57. The summed E-state index contributed by atoms with van der Waals surface area (Å²) >= 11 is -1.77. The molecule has 0 saturated heterocycles. The summed E-state index contributed by atoms with van der Waals surface area (Å²) in [5.74, 6) is -0.673. The van der Waals surface area contributed by atoms with Crippen molar-refractivity contribution in [2.75, 3.05) is 0 Å². The average molecular weight is 553 g/mol. The van der Waals surface area contributed by atoms with Crippen LogP contribution in [0.25, 0.3) is 0 Å². The molecule has 0 spiro atoms. The van der Waals surface area contributed by atoms with E-state index in [9.17, 15) is 0 Å². The summed E-state index contributed by atoms with van der Waals surface area (Å²) in [6, 6.07) is 0. The minimum absolute atomic E-state index is 0. The van der Waals surface area contributed by atoms with E-state index in [-0.39, 0.29) is 34.0 Å². The predicted octanol–water partition coefficient (Wildman–Crippen LogP) is 0.546. The van der Waals surface area contributed by atoms with Crippen LogP contribution in [0, 0.1) is 0 Å². The van der Waals surface area contributed by atoms with E-state index in [1.54, 1.807) is 22.3 Å². The summed E-state index contributed by atoms with van der Waals surface area (Å²) < 4.78 is 0.822. The molecule has 0 aliphatic heterocycles. The first-order chi connectivity index (χ1) is 9.96. The number of hydrogen-bond donors (Lipinski definition) is 0. The topological polar surface area (TPSA) is 0 Å². The molecule has 0 aromatic rings. The van der Waals surface area contributed by atoms with Gasteiger partial charge < -0.3 is 34.0 Å². The van der Waals surface area contributed by atoms with Gasteiger partial charge in [-0.3, -0.25) is 0 Å². The Kier molecular flexibility index (Phi) is 8.72. The van der Waals surface area contributed by atoms with E-state index < -0.39 is 26.8 Å². The molecule has 2 unspecified atom stereocenters. The minimum atomic E-state index is -1.77. The van der Waals surface area contributed by atoms with Gasteiger partial charge >= 0.3 is 147 Å². The van der Waals surface area contributed by atoms with Crippen LogP contribution in [0.5, 0.6) is 0 Å². The van der Waals surface area contributed by atoms with Crippen molar-refractivity contribution in [2.24, 2.45) is 0 Å². The van der Waals surface area contributed by atoms with Gasteiger partial charge in [0.2, 0.25) is 0 Å². The molecule has 0 amide bonds. The van der Waals surface area contributed by atoms with Crippen molar-refractivity contribution >= 4 is 5.92 Å². The molecule has 0 heterocycles. The van der Waals surface area contributed by atoms with E-state index >= 15 is 0 Å². The van der Waals surface area contributed by atoms with Gasteiger partial charge in [-0.15, -0.1) is 0 Å². The fraction of sp³-hybridized carbons (Fsp3) is 0.600. The molecule has 2 atom stereocenters. The molecule has 2 rings (SSSR count). The molecule has 0 aromatic carbocycles. The summed E-state index contributed by atoms with van der Waals surface area (Å²) in [5, 5.41) is 0. The smallest absolute Gasteiger partial charge is 1.00 e. The third-order valence-electron chi connectivity index (χ3n) is 6.57. The van der Waals surface area contributed by atoms with Crippen LogP contribution >= 0.6 is 0 Å². The van der Waals surface area contributed by atoms with Gasteiger partial charge in [0.15, 0.2) is 0 Å². The van der Waals surface area contributed by atoms with Gasteiger partial charge in [0.1, 0.15) is 0 Å². The van der Waals surface area contributed by atoms with E-state index in [0.29, 0.717) is 6.25 Å². The summed E-state index contributed by atoms with van der Waals surface area (Å²) in [6.45, 7) is 24.6. The summed E-state index contributed by atoms with van der Waals surface area (Å²) in [4.78, 5) is 0. The van der Waals surface area contributed by atoms with E-state index in [2.05, 4.69) is 80.6 Å². The molecule has 0 bridgehead atoms. The van der Waals surface area contributed by atoms with Crippen LogP contribution in [0.1, 0.15) is 55.4 Å². The quantitative estimate of drug-likeness (QED) is 0.449. The largest absolute Gasteiger partial charge is 1.00 e. The van der Waals surface area contributed by atoms with E-state index in [4.69, 9.17) is 0 Å². The molecule has 0 N–H and O–H groups in total. The number of allylic oxidation sites excluding steroid dienone is 8. The van der Waals surface area contributed by atoms with Crippen LogP contribution in [0.2, 0.25) is 19.3 Å². The summed E-state index contributed by atoms with van der Waals surface area (Å²) in [6.07, 6.45) is 5.32. The third kappa shape index (κ3) is 3.69. The van der Waals surface area contributed by atoms with Crippen molar-refractivity contribution in [3.63, 3.8) is 0 Å². The number of halogens is 2. The van der Waals surface area contributed by atoms with Crippen LogP contribution in [-0.2, 0) is 20.9 Å². The van der Waals surface area contributed by atoms with Crippen molar-refractivity contribution in [3.8, 4) is 0 Å². The molecule has 2 aliphatic carbocycles. The Labute approximate surface area is 179 Å². The molecule has 0 radical (unpaired) electrons. The summed E-state index contributed by atoms with van der Waals surface area (Å²) in [7, 11) is 0. The van der Waals surface area contributed by atoms with Gasteiger partial charge in [-0.1, -0.05) is 0 Å². The van der Waals surface area contributed by atoms with Gasteiger partial charge in [0, 0.05) is 0 Å². The van der Waals surface area contributed by atoms with Gasteiger partial charge in [-0.2, -0.15) is 0 Å². The average Bonchev–Trinajstić information content (AvgIpc) is 2.71. The first-order valence-corrected chi connectivity index (χ1v) is 18.2. The van der Waals surface area contributed by atoms with Crippen molar-refractivity contribution in [3.05, 3.63) is 45.6 Å². The molecule has 135 valence electrons. The van der Waals surface area contributed by atoms with Gasteiger partial charge in [-0.05, 0) is 0 Å².